The van der Waals surface area contributed by atoms with E-state index >= 15 is 0 Å². The number of amides is 1. The first-order chi connectivity index (χ1) is 10.7. The van der Waals surface area contributed by atoms with E-state index in [0.717, 1.165) is 29.7 Å². The number of thiophene rings is 2. The van der Waals surface area contributed by atoms with Crippen LogP contribution in [0.2, 0.25) is 0 Å². The van der Waals surface area contributed by atoms with Crippen molar-refractivity contribution in [3.63, 3.8) is 0 Å². The molecule has 1 aliphatic rings. The molecule has 22 heavy (non-hydrogen) atoms. The third-order valence-corrected chi connectivity index (χ3v) is 5.79. The first kappa shape index (κ1) is 15.5. The summed E-state index contributed by atoms with van der Waals surface area (Å²) in [5.41, 5.74) is -0.308. The Morgan fingerprint density at radius 3 is 2.91 bits per heavy atom. The van der Waals surface area contributed by atoms with Crippen molar-refractivity contribution in [1.82, 2.24) is 5.32 Å². The Kier molecular flexibility index (Phi) is 4.76. The summed E-state index contributed by atoms with van der Waals surface area (Å²) in [6.07, 6.45) is 6.83. The summed E-state index contributed by atoms with van der Waals surface area (Å²) in [6.45, 7) is 0.212. The molecular weight excluding hydrogens is 314 g/mol. The molecule has 0 unspecified atom stereocenters. The van der Waals surface area contributed by atoms with E-state index in [1.54, 1.807) is 11.3 Å². The summed E-state index contributed by atoms with van der Waals surface area (Å²) in [4.78, 5) is 13.2. The number of carbonyl (C=O) groups is 1. The van der Waals surface area contributed by atoms with Gasteiger partial charge < -0.3 is 10.4 Å². The third kappa shape index (κ3) is 3.16. The second-order valence-electron chi connectivity index (χ2n) is 5.55. The SMILES string of the molecule is O=C(NC[C@@](O)(c1ccsc1)c1cccs1)[C@H]1CC=CCC1. The van der Waals surface area contributed by atoms with Crippen molar-refractivity contribution in [2.75, 3.05) is 6.54 Å². The van der Waals surface area contributed by atoms with E-state index in [-0.39, 0.29) is 18.4 Å². The minimum atomic E-state index is -1.14. The summed E-state index contributed by atoms with van der Waals surface area (Å²) < 4.78 is 0. The highest BCUT2D eigenvalue weighted by atomic mass is 32.1. The summed E-state index contributed by atoms with van der Waals surface area (Å²) in [7, 11) is 0. The van der Waals surface area contributed by atoms with E-state index in [1.807, 2.05) is 34.3 Å². The number of hydrogen-bond donors (Lipinski definition) is 2. The van der Waals surface area contributed by atoms with Gasteiger partial charge in [0, 0.05) is 16.4 Å². The number of aliphatic hydroxyl groups is 1. The first-order valence-corrected chi connectivity index (χ1v) is 9.24. The maximum atomic E-state index is 12.3. The average molecular weight is 333 g/mol. The van der Waals surface area contributed by atoms with Crippen LogP contribution in [0.25, 0.3) is 0 Å². The number of nitrogens with one attached hydrogen (secondary N) is 1. The van der Waals surface area contributed by atoms with Gasteiger partial charge >= 0.3 is 0 Å². The van der Waals surface area contributed by atoms with Crippen molar-refractivity contribution in [3.8, 4) is 0 Å². The van der Waals surface area contributed by atoms with Crippen molar-refractivity contribution in [2.45, 2.75) is 24.9 Å². The van der Waals surface area contributed by atoms with Crippen molar-refractivity contribution in [2.24, 2.45) is 5.92 Å². The Bertz CT molecular complexity index is 597. The molecule has 1 amide bonds. The van der Waals surface area contributed by atoms with E-state index in [4.69, 9.17) is 0 Å². The smallest absolute Gasteiger partial charge is 0.223 e. The van der Waals surface area contributed by atoms with Gasteiger partial charge in [0.2, 0.25) is 5.91 Å². The van der Waals surface area contributed by atoms with Gasteiger partial charge in [0.1, 0.15) is 5.60 Å². The van der Waals surface area contributed by atoms with E-state index in [0.29, 0.717) is 0 Å². The van der Waals surface area contributed by atoms with Crippen molar-refractivity contribution in [3.05, 3.63) is 56.9 Å². The average Bonchev–Trinajstić information content (AvgIpc) is 3.26. The van der Waals surface area contributed by atoms with Gasteiger partial charge in [0.15, 0.2) is 0 Å². The van der Waals surface area contributed by atoms with Crippen LogP contribution >= 0.6 is 22.7 Å². The fraction of sp³-hybridized carbons (Fsp3) is 0.353. The zero-order valence-electron chi connectivity index (χ0n) is 12.2. The molecule has 2 atom stereocenters. The lowest BCUT2D eigenvalue weighted by atomic mass is 9.91. The lowest BCUT2D eigenvalue weighted by Gasteiger charge is -2.28. The summed E-state index contributed by atoms with van der Waals surface area (Å²) in [5, 5.41) is 20.0. The molecule has 0 saturated heterocycles. The topological polar surface area (TPSA) is 49.3 Å². The number of allylic oxidation sites excluding steroid dienone is 2. The molecule has 116 valence electrons. The molecule has 2 heterocycles. The standard InChI is InChI=1S/C17H19NO2S2/c19-16(13-5-2-1-3-6-13)18-12-17(20,14-8-10-21-11-14)15-7-4-9-22-15/h1-2,4,7-11,13,20H,3,5-6,12H2,(H,18,19)/t13-,17+/m0/s1. The summed E-state index contributed by atoms with van der Waals surface area (Å²) in [5.74, 6) is 0.0645. The normalized spacial score (nSPS) is 20.5. The fourth-order valence-corrected chi connectivity index (χ4v) is 4.31. The van der Waals surface area contributed by atoms with Crippen LogP contribution in [-0.4, -0.2) is 17.6 Å². The zero-order valence-corrected chi connectivity index (χ0v) is 13.8. The molecule has 1 aliphatic carbocycles. The molecule has 0 radical (unpaired) electrons. The monoisotopic (exact) mass is 333 g/mol. The highest BCUT2D eigenvalue weighted by molar-refractivity contribution is 7.10. The molecule has 0 aliphatic heterocycles. The van der Waals surface area contributed by atoms with Crippen LogP contribution in [0, 0.1) is 5.92 Å². The molecule has 0 aromatic carbocycles. The van der Waals surface area contributed by atoms with E-state index in [1.165, 1.54) is 11.3 Å². The van der Waals surface area contributed by atoms with Crippen LogP contribution in [0.1, 0.15) is 29.7 Å². The van der Waals surface area contributed by atoms with Gasteiger partial charge in [0.05, 0.1) is 6.54 Å². The highest BCUT2D eigenvalue weighted by Gasteiger charge is 2.34. The predicted octanol–water partition coefficient (Wildman–Crippen LogP) is 3.52. The van der Waals surface area contributed by atoms with Crippen molar-refractivity contribution >= 4 is 28.6 Å². The maximum absolute atomic E-state index is 12.3. The minimum Gasteiger partial charge on any atom is -0.378 e. The van der Waals surface area contributed by atoms with E-state index in [9.17, 15) is 9.90 Å². The van der Waals surface area contributed by atoms with Crippen LogP contribution in [0.3, 0.4) is 0 Å². The van der Waals surface area contributed by atoms with Crippen molar-refractivity contribution < 1.29 is 9.90 Å². The maximum Gasteiger partial charge on any atom is 0.223 e. The molecule has 5 heteroatoms. The number of hydrogen-bond acceptors (Lipinski definition) is 4. The lowest BCUT2D eigenvalue weighted by molar-refractivity contribution is -0.126. The van der Waals surface area contributed by atoms with Gasteiger partial charge in [-0.05, 0) is 47.5 Å². The molecule has 2 aromatic rings. The molecule has 3 nitrogen and oxygen atoms in total. The lowest BCUT2D eigenvalue weighted by Crippen LogP contribution is -2.43. The molecule has 0 spiro atoms. The van der Waals surface area contributed by atoms with Gasteiger partial charge in [-0.2, -0.15) is 11.3 Å². The largest absolute Gasteiger partial charge is 0.378 e. The predicted molar refractivity (Wildman–Crippen MR) is 91.1 cm³/mol. The highest BCUT2D eigenvalue weighted by Crippen LogP contribution is 2.33. The Hall–Kier alpha value is -1.43. The number of carbonyl (C=O) groups excluding carboxylic acids is 1. The minimum absolute atomic E-state index is 0.0278. The van der Waals surface area contributed by atoms with Crippen LogP contribution in [0.4, 0.5) is 0 Å². The van der Waals surface area contributed by atoms with E-state index < -0.39 is 5.60 Å². The van der Waals surface area contributed by atoms with Gasteiger partial charge in [-0.25, -0.2) is 0 Å². The second kappa shape index (κ2) is 6.77. The molecule has 2 aromatic heterocycles. The summed E-state index contributed by atoms with van der Waals surface area (Å²) in [6, 6.07) is 5.75. The molecule has 3 rings (SSSR count). The van der Waals surface area contributed by atoms with Gasteiger partial charge in [0.25, 0.3) is 0 Å². The molecule has 0 bridgehead atoms. The fourth-order valence-electron chi connectivity index (χ4n) is 2.74. The summed E-state index contributed by atoms with van der Waals surface area (Å²) >= 11 is 3.06. The zero-order chi connectivity index (χ0) is 15.4. The Balaban J connectivity index is 1.74. The Morgan fingerprint density at radius 2 is 2.27 bits per heavy atom. The van der Waals surface area contributed by atoms with Gasteiger partial charge in [-0.1, -0.05) is 18.2 Å². The van der Waals surface area contributed by atoms with Gasteiger partial charge in [-0.3, -0.25) is 4.79 Å². The van der Waals surface area contributed by atoms with Crippen LogP contribution in [0.5, 0.6) is 0 Å². The number of rotatable bonds is 5. The van der Waals surface area contributed by atoms with Crippen molar-refractivity contribution in [1.29, 1.82) is 0 Å². The molecular formula is C17H19NO2S2. The Labute approximate surface area is 138 Å². The third-order valence-electron chi connectivity index (χ3n) is 4.09. The van der Waals surface area contributed by atoms with Crippen LogP contribution < -0.4 is 5.32 Å². The first-order valence-electron chi connectivity index (χ1n) is 7.42. The quantitative estimate of drug-likeness (QED) is 0.823. The van der Waals surface area contributed by atoms with E-state index in [2.05, 4.69) is 17.5 Å². The molecule has 0 saturated carbocycles. The van der Waals surface area contributed by atoms with Crippen LogP contribution in [0.15, 0.2) is 46.5 Å². The van der Waals surface area contributed by atoms with Gasteiger partial charge in [-0.15, -0.1) is 11.3 Å². The Morgan fingerprint density at radius 1 is 1.36 bits per heavy atom. The molecule has 2 N–H and O–H groups in total. The van der Waals surface area contributed by atoms with Crippen LogP contribution in [-0.2, 0) is 10.4 Å². The molecule has 0 fully saturated rings. The second-order valence-corrected chi connectivity index (χ2v) is 7.28.